The van der Waals surface area contributed by atoms with Crippen molar-refractivity contribution in [3.8, 4) is 0 Å². The molecule has 0 saturated carbocycles. The summed E-state index contributed by atoms with van der Waals surface area (Å²) in [6, 6.07) is 8.32. The van der Waals surface area contributed by atoms with Gasteiger partial charge in [-0.1, -0.05) is 11.6 Å². The number of anilines is 1. The first kappa shape index (κ1) is 15.7. The van der Waals surface area contributed by atoms with Crippen LogP contribution < -0.4 is 5.32 Å². The van der Waals surface area contributed by atoms with Crippen LogP contribution in [0.25, 0.3) is 0 Å². The van der Waals surface area contributed by atoms with Gasteiger partial charge in [0.1, 0.15) is 5.82 Å². The lowest BCUT2D eigenvalue weighted by molar-refractivity contribution is 0.442. The third kappa shape index (κ3) is 4.37. The molecule has 3 nitrogen and oxygen atoms in total. The highest BCUT2D eigenvalue weighted by Crippen LogP contribution is 2.20. The van der Waals surface area contributed by atoms with E-state index in [1.54, 1.807) is 18.5 Å². The van der Waals surface area contributed by atoms with Crippen molar-refractivity contribution < 1.29 is 4.39 Å². The molecular formula is C15H15ClFN3S. The molecule has 1 N–H and O–H groups in total. The van der Waals surface area contributed by atoms with Crippen molar-refractivity contribution in [1.82, 2.24) is 9.88 Å². The van der Waals surface area contributed by atoms with Gasteiger partial charge in [0.2, 0.25) is 0 Å². The summed E-state index contributed by atoms with van der Waals surface area (Å²) in [4.78, 5) is 5.99. The highest BCUT2D eigenvalue weighted by atomic mass is 35.5. The second kappa shape index (κ2) is 7.33. The van der Waals surface area contributed by atoms with E-state index in [2.05, 4.69) is 10.3 Å². The molecule has 2 rings (SSSR count). The van der Waals surface area contributed by atoms with Gasteiger partial charge in [0, 0.05) is 31.2 Å². The fourth-order valence-corrected chi connectivity index (χ4v) is 2.30. The van der Waals surface area contributed by atoms with Crippen molar-refractivity contribution >= 4 is 34.6 Å². The maximum absolute atomic E-state index is 13.1. The van der Waals surface area contributed by atoms with Gasteiger partial charge in [-0.05, 0) is 55.0 Å². The normalized spacial score (nSPS) is 10.2. The number of hydrogen-bond donors (Lipinski definition) is 1. The Morgan fingerprint density at radius 1 is 1.33 bits per heavy atom. The molecule has 110 valence electrons. The van der Waals surface area contributed by atoms with Crippen molar-refractivity contribution in [2.45, 2.75) is 13.5 Å². The van der Waals surface area contributed by atoms with E-state index in [1.807, 2.05) is 24.0 Å². The van der Waals surface area contributed by atoms with Crippen molar-refractivity contribution in [2.24, 2.45) is 0 Å². The fraction of sp³-hybridized carbons (Fsp3) is 0.200. The minimum Gasteiger partial charge on any atom is -0.345 e. The van der Waals surface area contributed by atoms with E-state index in [9.17, 15) is 4.39 Å². The topological polar surface area (TPSA) is 28.2 Å². The average molecular weight is 324 g/mol. The molecule has 0 spiro atoms. The average Bonchev–Trinajstić information content (AvgIpc) is 2.49. The number of benzene rings is 1. The van der Waals surface area contributed by atoms with Crippen LogP contribution in [-0.4, -0.2) is 21.5 Å². The van der Waals surface area contributed by atoms with Gasteiger partial charge in [-0.25, -0.2) is 4.39 Å². The van der Waals surface area contributed by atoms with Crippen molar-refractivity contribution in [1.29, 1.82) is 0 Å². The second-order valence-corrected chi connectivity index (χ2v) is 5.22. The molecule has 0 unspecified atom stereocenters. The Balaban J connectivity index is 2.04. The number of thiocarbonyl (C=S) groups is 1. The van der Waals surface area contributed by atoms with E-state index in [4.69, 9.17) is 23.8 Å². The van der Waals surface area contributed by atoms with Crippen LogP contribution in [-0.2, 0) is 6.54 Å². The molecule has 0 radical (unpaired) electrons. The lowest BCUT2D eigenvalue weighted by Gasteiger charge is -2.24. The van der Waals surface area contributed by atoms with E-state index >= 15 is 0 Å². The highest BCUT2D eigenvalue weighted by Gasteiger charge is 2.09. The molecule has 21 heavy (non-hydrogen) atoms. The van der Waals surface area contributed by atoms with Crippen LogP contribution in [0, 0.1) is 5.82 Å². The van der Waals surface area contributed by atoms with Gasteiger partial charge in [0.25, 0.3) is 0 Å². The molecule has 1 aromatic carbocycles. The molecular weight excluding hydrogens is 309 g/mol. The number of halogens is 2. The summed E-state index contributed by atoms with van der Waals surface area (Å²) in [6.45, 7) is 3.45. The second-order valence-electron chi connectivity index (χ2n) is 4.43. The molecule has 0 aliphatic rings. The lowest BCUT2D eigenvalue weighted by Crippen LogP contribution is -2.34. The SMILES string of the molecule is CCN(Cc1ccncc1)C(=S)Nc1ccc(F)c(Cl)c1. The van der Waals surface area contributed by atoms with Crippen molar-refractivity contribution in [2.75, 3.05) is 11.9 Å². The third-order valence-electron chi connectivity index (χ3n) is 2.96. The molecule has 2 aromatic rings. The van der Waals surface area contributed by atoms with Crippen molar-refractivity contribution in [3.63, 3.8) is 0 Å². The standard InChI is InChI=1S/C15H15ClFN3S/c1-2-20(10-11-5-7-18-8-6-11)15(21)19-12-3-4-14(17)13(16)9-12/h3-9H,2,10H2,1H3,(H,19,21). The molecule has 1 aromatic heterocycles. The summed E-state index contributed by atoms with van der Waals surface area (Å²) in [5.74, 6) is -0.447. The minimum atomic E-state index is -0.447. The van der Waals surface area contributed by atoms with Crippen LogP contribution in [0.3, 0.4) is 0 Å². The van der Waals surface area contributed by atoms with E-state index in [1.165, 1.54) is 12.1 Å². The summed E-state index contributed by atoms with van der Waals surface area (Å²) in [5.41, 5.74) is 1.78. The fourth-order valence-electron chi connectivity index (χ4n) is 1.81. The maximum Gasteiger partial charge on any atom is 0.173 e. The largest absolute Gasteiger partial charge is 0.345 e. The zero-order valence-electron chi connectivity index (χ0n) is 11.5. The summed E-state index contributed by atoms with van der Waals surface area (Å²) in [6.07, 6.45) is 3.50. The maximum atomic E-state index is 13.1. The van der Waals surface area contributed by atoms with E-state index in [-0.39, 0.29) is 5.02 Å². The zero-order valence-corrected chi connectivity index (χ0v) is 13.1. The van der Waals surface area contributed by atoms with Gasteiger partial charge in [-0.3, -0.25) is 4.98 Å². The quantitative estimate of drug-likeness (QED) is 0.858. The lowest BCUT2D eigenvalue weighted by atomic mass is 10.2. The number of aromatic nitrogens is 1. The van der Waals surface area contributed by atoms with Crippen LogP contribution in [0.5, 0.6) is 0 Å². The van der Waals surface area contributed by atoms with Crippen LogP contribution >= 0.6 is 23.8 Å². The first-order valence-corrected chi connectivity index (χ1v) is 7.28. The van der Waals surface area contributed by atoms with E-state index in [0.29, 0.717) is 17.3 Å². The first-order chi connectivity index (χ1) is 10.1. The smallest absolute Gasteiger partial charge is 0.173 e. The number of pyridine rings is 1. The minimum absolute atomic E-state index is 0.0694. The number of nitrogens with zero attached hydrogens (tertiary/aromatic N) is 2. The van der Waals surface area contributed by atoms with Crippen LogP contribution in [0.15, 0.2) is 42.7 Å². The zero-order chi connectivity index (χ0) is 15.2. The van der Waals surface area contributed by atoms with Gasteiger partial charge < -0.3 is 10.2 Å². The summed E-state index contributed by atoms with van der Waals surface area (Å²) in [5, 5.41) is 3.71. The predicted octanol–water partition coefficient (Wildman–Crippen LogP) is 4.09. The molecule has 0 fully saturated rings. The van der Waals surface area contributed by atoms with Gasteiger partial charge in [0.15, 0.2) is 5.11 Å². The third-order valence-corrected chi connectivity index (χ3v) is 3.61. The molecule has 0 aliphatic carbocycles. The number of nitrogens with one attached hydrogen (secondary N) is 1. The number of rotatable bonds is 4. The molecule has 0 aliphatic heterocycles. The summed E-state index contributed by atoms with van der Waals surface area (Å²) >= 11 is 11.2. The molecule has 0 saturated heterocycles. The Morgan fingerprint density at radius 2 is 2.05 bits per heavy atom. The summed E-state index contributed by atoms with van der Waals surface area (Å²) in [7, 11) is 0. The van der Waals surface area contributed by atoms with E-state index < -0.39 is 5.82 Å². The van der Waals surface area contributed by atoms with Crippen LogP contribution in [0.4, 0.5) is 10.1 Å². The van der Waals surface area contributed by atoms with Crippen LogP contribution in [0.2, 0.25) is 5.02 Å². The molecule has 0 bridgehead atoms. The summed E-state index contributed by atoms with van der Waals surface area (Å²) < 4.78 is 13.1. The molecule has 0 amide bonds. The van der Waals surface area contributed by atoms with Gasteiger partial charge in [-0.15, -0.1) is 0 Å². The Hall–Kier alpha value is -1.72. The molecule has 1 heterocycles. The van der Waals surface area contributed by atoms with Gasteiger partial charge >= 0.3 is 0 Å². The molecule has 6 heteroatoms. The van der Waals surface area contributed by atoms with Gasteiger partial charge in [0.05, 0.1) is 5.02 Å². The first-order valence-electron chi connectivity index (χ1n) is 6.50. The van der Waals surface area contributed by atoms with Crippen LogP contribution in [0.1, 0.15) is 12.5 Å². The van der Waals surface area contributed by atoms with E-state index in [0.717, 1.165) is 12.1 Å². The number of hydrogen-bond acceptors (Lipinski definition) is 2. The Kier molecular flexibility index (Phi) is 5.47. The van der Waals surface area contributed by atoms with Crippen molar-refractivity contribution in [3.05, 3.63) is 59.1 Å². The highest BCUT2D eigenvalue weighted by molar-refractivity contribution is 7.80. The molecule has 0 atom stereocenters. The Bertz CT molecular complexity index is 622. The Morgan fingerprint density at radius 3 is 2.67 bits per heavy atom. The Labute approximate surface area is 133 Å². The predicted molar refractivity (Wildman–Crippen MR) is 88.0 cm³/mol. The van der Waals surface area contributed by atoms with Gasteiger partial charge in [-0.2, -0.15) is 0 Å². The monoisotopic (exact) mass is 323 g/mol.